The quantitative estimate of drug-likeness (QED) is 0.0897. The summed E-state index contributed by atoms with van der Waals surface area (Å²) in [5, 5.41) is 8.57. The van der Waals surface area contributed by atoms with Crippen molar-refractivity contribution in [3.8, 4) is 34.3 Å². The van der Waals surface area contributed by atoms with Crippen LogP contribution >= 0.6 is 46.4 Å². The molecule has 0 fully saturated rings. The van der Waals surface area contributed by atoms with Crippen molar-refractivity contribution in [2.24, 2.45) is 0 Å². The van der Waals surface area contributed by atoms with Crippen molar-refractivity contribution < 1.29 is 9.21 Å². The molecule has 2 aromatic heterocycles. The second kappa shape index (κ2) is 10.0. The molecule has 0 aliphatic rings. The maximum Gasteiger partial charge on any atom is 0.250 e. The number of carbonyl (C=O) groups excluding carboxylic acids is 1. The molecule has 3 N–H and O–H groups in total. The van der Waals surface area contributed by atoms with E-state index < -0.39 is 0 Å². The summed E-state index contributed by atoms with van der Waals surface area (Å²) in [6.07, 6.45) is 0. The van der Waals surface area contributed by atoms with E-state index in [0.717, 1.165) is 0 Å². The van der Waals surface area contributed by atoms with Crippen molar-refractivity contribution in [2.75, 3.05) is 5.73 Å². The standard InChI is InChI=1S/C28H15Cl4N5O2/c29-21-19(26-34-17-11-8-15(12-18(17)35-26)25(38)13-4-2-1-3-5-13)20(22(30)24(32)23(21)31)28-37-36-27(39-28)14-6-9-16(33)10-7-14/h1-12H,33H2,(H,34,35). The highest BCUT2D eigenvalue weighted by atomic mass is 35.5. The minimum atomic E-state index is -0.119. The van der Waals surface area contributed by atoms with Crippen molar-refractivity contribution in [3.05, 3.63) is 104 Å². The first kappa shape index (κ1) is 25.4. The molecule has 0 atom stereocenters. The number of nitrogens with zero attached hydrogens (tertiary/aromatic N) is 3. The lowest BCUT2D eigenvalue weighted by Crippen LogP contribution is -2.00. The number of aromatic nitrogens is 4. The van der Waals surface area contributed by atoms with Gasteiger partial charge in [0.2, 0.25) is 5.89 Å². The zero-order valence-corrected chi connectivity index (χ0v) is 22.7. The number of ketones is 1. The van der Waals surface area contributed by atoms with Crippen LogP contribution in [0, 0.1) is 0 Å². The van der Waals surface area contributed by atoms with Crippen LogP contribution in [0.5, 0.6) is 0 Å². The Morgan fingerprint density at radius 2 is 1.41 bits per heavy atom. The number of anilines is 1. The molecule has 0 amide bonds. The molecule has 0 saturated heterocycles. The minimum absolute atomic E-state index is 0.0289. The topological polar surface area (TPSA) is 111 Å². The average Bonchev–Trinajstić information content (AvgIpc) is 3.61. The van der Waals surface area contributed by atoms with Crippen molar-refractivity contribution in [1.29, 1.82) is 0 Å². The highest BCUT2D eigenvalue weighted by Gasteiger charge is 2.28. The number of aromatic amines is 1. The van der Waals surface area contributed by atoms with Crippen LogP contribution in [0.3, 0.4) is 0 Å². The maximum absolute atomic E-state index is 13.0. The normalized spacial score (nSPS) is 11.3. The molecule has 0 radical (unpaired) electrons. The van der Waals surface area contributed by atoms with Gasteiger partial charge in [0.1, 0.15) is 5.82 Å². The fourth-order valence-corrected chi connectivity index (χ4v) is 5.17. The molecular formula is C28H15Cl4N5O2. The molecule has 11 heteroatoms. The summed E-state index contributed by atoms with van der Waals surface area (Å²) in [6.45, 7) is 0. The van der Waals surface area contributed by atoms with Crippen LogP contribution < -0.4 is 5.73 Å². The molecule has 4 aromatic carbocycles. The van der Waals surface area contributed by atoms with E-state index in [4.69, 9.17) is 56.6 Å². The van der Waals surface area contributed by atoms with Crippen molar-refractivity contribution in [2.45, 2.75) is 0 Å². The number of H-pyrrole nitrogens is 1. The lowest BCUT2D eigenvalue weighted by Gasteiger charge is -2.12. The molecule has 2 heterocycles. The van der Waals surface area contributed by atoms with Crippen LogP contribution in [-0.2, 0) is 0 Å². The van der Waals surface area contributed by atoms with Gasteiger partial charge in [-0.1, -0.05) is 76.7 Å². The van der Waals surface area contributed by atoms with Gasteiger partial charge in [0.05, 0.1) is 42.3 Å². The van der Waals surface area contributed by atoms with E-state index in [1.165, 1.54) is 0 Å². The third-order valence-electron chi connectivity index (χ3n) is 6.08. The number of nitrogens with two attached hydrogens (primary N) is 1. The average molecular weight is 595 g/mol. The van der Waals surface area contributed by atoms with E-state index >= 15 is 0 Å². The summed E-state index contributed by atoms with van der Waals surface area (Å²) in [4.78, 5) is 20.9. The van der Waals surface area contributed by atoms with E-state index in [1.807, 2.05) is 18.2 Å². The van der Waals surface area contributed by atoms with E-state index in [1.54, 1.807) is 54.6 Å². The van der Waals surface area contributed by atoms with Crippen molar-refractivity contribution in [1.82, 2.24) is 20.2 Å². The number of fused-ring (bicyclic) bond motifs is 1. The Morgan fingerprint density at radius 3 is 2.13 bits per heavy atom. The van der Waals surface area contributed by atoms with Crippen molar-refractivity contribution in [3.63, 3.8) is 0 Å². The summed E-state index contributed by atoms with van der Waals surface area (Å²) < 4.78 is 5.97. The van der Waals surface area contributed by atoms with Crippen LogP contribution in [-0.4, -0.2) is 25.9 Å². The SMILES string of the molecule is Nc1ccc(-c2nnc(-c3c(Cl)c(Cl)c(Cl)c(Cl)c3-c3nc4ccc(C(=O)c5ccccc5)cc4[nH]3)o2)cc1. The lowest BCUT2D eigenvalue weighted by atomic mass is 10.0. The Morgan fingerprint density at radius 1 is 0.744 bits per heavy atom. The largest absolute Gasteiger partial charge is 0.416 e. The Kier molecular flexibility index (Phi) is 6.53. The predicted octanol–water partition coefficient (Wildman–Crippen LogP) is 8.37. The van der Waals surface area contributed by atoms with Gasteiger partial charge in [0.15, 0.2) is 5.78 Å². The van der Waals surface area contributed by atoms with Gasteiger partial charge in [-0.05, 0) is 42.5 Å². The number of rotatable bonds is 5. The third kappa shape index (κ3) is 4.53. The Balaban J connectivity index is 1.49. The molecule has 6 aromatic rings. The molecule has 7 nitrogen and oxygen atoms in total. The van der Waals surface area contributed by atoms with Gasteiger partial charge in [-0.25, -0.2) is 4.98 Å². The van der Waals surface area contributed by atoms with E-state index in [-0.39, 0.29) is 43.2 Å². The van der Waals surface area contributed by atoms with Crippen LogP contribution in [0.4, 0.5) is 5.69 Å². The summed E-state index contributed by atoms with van der Waals surface area (Å²) in [5.74, 6) is 0.499. The smallest absolute Gasteiger partial charge is 0.250 e. The van der Waals surface area contributed by atoms with Crippen LogP contribution in [0.2, 0.25) is 20.1 Å². The molecule has 0 saturated carbocycles. The molecule has 0 bridgehead atoms. The van der Waals surface area contributed by atoms with Gasteiger partial charge in [0, 0.05) is 22.4 Å². The molecule has 0 spiro atoms. The molecule has 0 aliphatic carbocycles. The first-order valence-electron chi connectivity index (χ1n) is 11.5. The Labute approximate surface area is 241 Å². The van der Waals surface area contributed by atoms with Gasteiger partial charge in [-0.15, -0.1) is 10.2 Å². The highest BCUT2D eigenvalue weighted by Crippen LogP contribution is 2.49. The number of carbonyl (C=O) groups is 1. The fraction of sp³-hybridized carbons (Fsp3) is 0. The predicted molar refractivity (Wildman–Crippen MR) is 155 cm³/mol. The number of hydrogen-bond acceptors (Lipinski definition) is 6. The van der Waals surface area contributed by atoms with Gasteiger partial charge in [0.25, 0.3) is 5.89 Å². The third-order valence-corrected chi connectivity index (χ3v) is 7.88. The van der Waals surface area contributed by atoms with E-state index in [0.29, 0.717) is 44.8 Å². The Hall–Kier alpha value is -3.88. The summed E-state index contributed by atoms with van der Waals surface area (Å²) in [7, 11) is 0. The number of halogens is 4. The van der Waals surface area contributed by atoms with Gasteiger partial charge < -0.3 is 15.1 Å². The van der Waals surface area contributed by atoms with Gasteiger partial charge >= 0.3 is 0 Å². The second-order valence-corrected chi connectivity index (χ2v) is 10.1. The molecule has 192 valence electrons. The summed E-state index contributed by atoms with van der Waals surface area (Å²) in [5.41, 5.74) is 9.87. The number of imidazole rings is 1. The molecule has 0 unspecified atom stereocenters. The number of hydrogen-bond donors (Lipinski definition) is 2. The summed E-state index contributed by atoms with van der Waals surface area (Å²) in [6, 6.07) is 21.1. The van der Waals surface area contributed by atoms with E-state index in [2.05, 4.69) is 20.2 Å². The van der Waals surface area contributed by atoms with Gasteiger partial charge in [-0.2, -0.15) is 0 Å². The number of benzene rings is 4. The highest BCUT2D eigenvalue weighted by molar-refractivity contribution is 6.54. The second-order valence-electron chi connectivity index (χ2n) is 8.55. The zero-order chi connectivity index (χ0) is 27.3. The first-order valence-corrected chi connectivity index (χ1v) is 13.0. The zero-order valence-electron chi connectivity index (χ0n) is 19.7. The molecule has 39 heavy (non-hydrogen) atoms. The van der Waals surface area contributed by atoms with E-state index in [9.17, 15) is 4.79 Å². The number of nitrogen functional groups attached to an aromatic ring is 1. The monoisotopic (exact) mass is 593 g/mol. The molecule has 0 aliphatic heterocycles. The molecular weight excluding hydrogens is 580 g/mol. The fourth-order valence-electron chi connectivity index (χ4n) is 4.15. The minimum Gasteiger partial charge on any atom is -0.416 e. The lowest BCUT2D eigenvalue weighted by molar-refractivity contribution is 0.103. The van der Waals surface area contributed by atoms with Crippen LogP contribution in [0.15, 0.2) is 77.2 Å². The number of nitrogens with one attached hydrogen (secondary N) is 1. The summed E-state index contributed by atoms with van der Waals surface area (Å²) >= 11 is 26.2. The molecule has 6 rings (SSSR count). The van der Waals surface area contributed by atoms with Gasteiger partial charge in [-0.3, -0.25) is 4.79 Å². The van der Waals surface area contributed by atoms with Crippen molar-refractivity contribution >= 4 is 68.9 Å². The maximum atomic E-state index is 13.0. The van der Waals surface area contributed by atoms with Crippen LogP contribution in [0.1, 0.15) is 15.9 Å². The first-order chi connectivity index (χ1) is 18.8. The Bertz CT molecular complexity index is 1880. The van der Waals surface area contributed by atoms with Crippen LogP contribution in [0.25, 0.3) is 45.3 Å².